The lowest BCUT2D eigenvalue weighted by Gasteiger charge is -2.10. The maximum absolute atomic E-state index is 12.1. The minimum Gasteiger partial charge on any atom is -0.465 e. The van der Waals surface area contributed by atoms with E-state index in [2.05, 4.69) is 10.3 Å². The van der Waals surface area contributed by atoms with Gasteiger partial charge in [-0.25, -0.2) is 4.79 Å². The van der Waals surface area contributed by atoms with E-state index >= 15 is 0 Å². The van der Waals surface area contributed by atoms with Gasteiger partial charge in [-0.05, 0) is 18.9 Å². The van der Waals surface area contributed by atoms with E-state index in [0.29, 0.717) is 23.2 Å². The molecular weight excluding hydrogens is 274 g/mol. The molecule has 1 rings (SSSR count). The molecule has 1 heterocycles. The summed E-state index contributed by atoms with van der Waals surface area (Å²) in [5.74, 6) is -1.12. The molecule has 0 spiro atoms. The van der Waals surface area contributed by atoms with Gasteiger partial charge < -0.3 is 19.9 Å². The number of ether oxygens (including phenoxy) is 1. The molecule has 0 fully saturated rings. The predicted molar refractivity (Wildman–Crippen MR) is 77.3 cm³/mol. The van der Waals surface area contributed by atoms with Crippen molar-refractivity contribution in [2.75, 3.05) is 27.7 Å². The van der Waals surface area contributed by atoms with Crippen LogP contribution in [0, 0.1) is 6.92 Å². The smallest absolute Gasteiger partial charge is 0.339 e. The molecule has 0 radical (unpaired) electrons. The highest BCUT2D eigenvalue weighted by molar-refractivity contribution is 6.01. The van der Waals surface area contributed by atoms with E-state index in [0.717, 1.165) is 0 Å². The first-order chi connectivity index (χ1) is 9.83. The van der Waals surface area contributed by atoms with Crippen LogP contribution in [0.25, 0.3) is 0 Å². The van der Waals surface area contributed by atoms with Crippen LogP contribution in [0.3, 0.4) is 0 Å². The Hall–Kier alpha value is -2.31. The highest BCUT2D eigenvalue weighted by atomic mass is 16.5. The number of esters is 1. The van der Waals surface area contributed by atoms with Crippen molar-refractivity contribution in [3.8, 4) is 0 Å². The predicted octanol–water partition coefficient (Wildman–Crippen LogP) is 0.490. The molecule has 1 aromatic rings. The van der Waals surface area contributed by atoms with Crippen LogP contribution in [0.1, 0.15) is 39.0 Å². The van der Waals surface area contributed by atoms with Crippen molar-refractivity contribution in [2.45, 2.75) is 20.3 Å². The number of aryl methyl sites for hydroxylation is 1. The van der Waals surface area contributed by atoms with Gasteiger partial charge in [0.05, 0.1) is 19.2 Å². The highest BCUT2D eigenvalue weighted by Crippen LogP contribution is 2.20. The Morgan fingerprint density at radius 1 is 1.29 bits per heavy atom. The molecule has 0 bridgehead atoms. The van der Waals surface area contributed by atoms with Crippen molar-refractivity contribution < 1.29 is 19.1 Å². The molecular formula is C14H21N3O4. The Morgan fingerprint density at radius 2 is 1.90 bits per heavy atom. The Morgan fingerprint density at radius 3 is 2.38 bits per heavy atom. The number of likely N-dealkylation sites (N-methyl/N-ethyl adjacent to an activating group) is 1. The monoisotopic (exact) mass is 295 g/mol. The summed E-state index contributed by atoms with van der Waals surface area (Å²) in [6, 6.07) is 0. The molecule has 0 aliphatic heterocycles. The second-order valence-corrected chi connectivity index (χ2v) is 4.79. The van der Waals surface area contributed by atoms with E-state index in [1.807, 2.05) is 6.92 Å². The third-order valence-corrected chi connectivity index (χ3v) is 3.20. The maximum Gasteiger partial charge on any atom is 0.339 e. The zero-order valence-corrected chi connectivity index (χ0v) is 13.0. The Bertz CT molecular complexity index is 561. The third kappa shape index (κ3) is 3.62. The number of hydrogen-bond donors (Lipinski definition) is 2. The van der Waals surface area contributed by atoms with Crippen molar-refractivity contribution >= 4 is 17.8 Å². The van der Waals surface area contributed by atoms with Crippen LogP contribution in [0.2, 0.25) is 0 Å². The number of rotatable bonds is 5. The van der Waals surface area contributed by atoms with E-state index in [-0.39, 0.29) is 18.1 Å². The molecule has 0 aromatic carbocycles. The number of nitrogens with zero attached hydrogens (tertiary/aromatic N) is 1. The average Bonchev–Trinajstić information content (AvgIpc) is 2.80. The summed E-state index contributed by atoms with van der Waals surface area (Å²) < 4.78 is 4.73. The largest absolute Gasteiger partial charge is 0.465 e. The van der Waals surface area contributed by atoms with Crippen LogP contribution in [-0.2, 0) is 16.0 Å². The molecule has 0 unspecified atom stereocenters. The van der Waals surface area contributed by atoms with Crippen LogP contribution >= 0.6 is 0 Å². The molecule has 2 N–H and O–H groups in total. The summed E-state index contributed by atoms with van der Waals surface area (Å²) in [5, 5.41) is 2.53. The molecule has 0 saturated carbocycles. The highest BCUT2D eigenvalue weighted by Gasteiger charge is 2.23. The lowest BCUT2D eigenvalue weighted by atomic mass is 10.1. The van der Waals surface area contributed by atoms with Gasteiger partial charge in [-0.1, -0.05) is 6.92 Å². The molecule has 0 aliphatic carbocycles. The molecule has 7 nitrogen and oxygen atoms in total. The zero-order chi connectivity index (χ0) is 16.2. The SMILES string of the molecule is CCc1[nH]c(C(=O)NCC(=O)N(C)C)c(C)c1C(=O)OC. The summed E-state index contributed by atoms with van der Waals surface area (Å²) >= 11 is 0. The summed E-state index contributed by atoms with van der Waals surface area (Å²) in [4.78, 5) is 39.7. The van der Waals surface area contributed by atoms with Crippen LogP contribution in [0.15, 0.2) is 0 Å². The summed E-state index contributed by atoms with van der Waals surface area (Å²) in [7, 11) is 4.52. The maximum atomic E-state index is 12.1. The van der Waals surface area contributed by atoms with Gasteiger partial charge in [0.25, 0.3) is 5.91 Å². The standard InChI is InChI=1S/C14H21N3O4/c1-6-9-11(14(20)21-5)8(2)12(16-9)13(19)15-7-10(18)17(3)4/h16H,6-7H2,1-5H3,(H,15,19). The Balaban J connectivity index is 2.98. The van der Waals surface area contributed by atoms with Gasteiger partial charge in [-0.3, -0.25) is 9.59 Å². The lowest BCUT2D eigenvalue weighted by Crippen LogP contribution is -2.36. The first kappa shape index (κ1) is 16.7. The average molecular weight is 295 g/mol. The van der Waals surface area contributed by atoms with Gasteiger partial charge in [-0.2, -0.15) is 0 Å². The zero-order valence-electron chi connectivity index (χ0n) is 13.0. The summed E-state index contributed by atoms with van der Waals surface area (Å²) in [6.07, 6.45) is 0.565. The molecule has 0 aliphatic rings. The van der Waals surface area contributed by atoms with Gasteiger partial charge >= 0.3 is 5.97 Å². The van der Waals surface area contributed by atoms with Gasteiger partial charge in [0, 0.05) is 19.8 Å². The number of amides is 2. The second-order valence-electron chi connectivity index (χ2n) is 4.79. The quantitative estimate of drug-likeness (QED) is 0.773. The second kappa shape index (κ2) is 6.92. The number of aromatic amines is 1. The number of methoxy groups -OCH3 is 1. The first-order valence-corrected chi connectivity index (χ1v) is 6.61. The number of H-pyrrole nitrogens is 1. The molecule has 2 amide bonds. The number of aromatic nitrogens is 1. The molecule has 7 heteroatoms. The first-order valence-electron chi connectivity index (χ1n) is 6.61. The lowest BCUT2D eigenvalue weighted by molar-refractivity contribution is -0.127. The van der Waals surface area contributed by atoms with Crippen molar-refractivity contribution in [3.05, 3.63) is 22.5 Å². The minimum atomic E-state index is -0.482. The van der Waals surface area contributed by atoms with Crippen LogP contribution in [0.4, 0.5) is 0 Å². The Labute approximate surface area is 123 Å². The minimum absolute atomic E-state index is 0.0979. The number of carbonyl (C=O) groups excluding carboxylic acids is 3. The fourth-order valence-corrected chi connectivity index (χ4v) is 1.93. The van der Waals surface area contributed by atoms with Crippen LogP contribution < -0.4 is 5.32 Å². The van der Waals surface area contributed by atoms with E-state index < -0.39 is 11.9 Å². The number of hydrogen-bond acceptors (Lipinski definition) is 4. The van der Waals surface area contributed by atoms with Gasteiger partial charge in [0.15, 0.2) is 0 Å². The molecule has 116 valence electrons. The summed E-state index contributed by atoms with van der Waals surface area (Å²) in [5.41, 5.74) is 1.82. The molecule has 0 atom stereocenters. The van der Waals surface area contributed by atoms with E-state index in [1.54, 1.807) is 21.0 Å². The van der Waals surface area contributed by atoms with Crippen molar-refractivity contribution in [1.29, 1.82) is 0 Å². The van der Waals surface area contributed by atoms with E-state index in [9.17, 15) is 14.4 Å². The topological polar surface area (TPSA) is 91.5 Å². The Kier molecular flexibility index (Phi) is 5.52. The van der Waals surface area contributed by atoms with Gasteiger partial charge in [0.1, 0.15) is 5.69 Å². The van der Waals surface area contributed by atoms with E-state index in [1.165, 1.54) is 12.0 Å². The van der Waals surface area contributed by atoms with E-state index in [4.69, 9.17) is 4.74 Å². The van der Waals surface area contributed by atoms with Crippen molar-refractivity contribution in [2.24, 2.45) is 0 Å². The molecule has 1 aromatic heterocycles. The van der Waals surface area contributed by atoms with Crippen molar-refractivity contribution in [1.82, 2.24) is 15.2 Å². The van der Waals surface area contributed by atoms with Gasteiger partial charge in [0.2, 0.25) is 5.91 Å². The van der Waals surface area contributed by atoms with Crippen LogP contribution in [0.5, 0.6) is 0 Å². The number of carbonyl (C=O) groups is 3. The van der Waals surface area contributed by atoms with Gasteiger partial charge in [-0.15, -0.1) is 0 Å². The van der Waals surface area contributed by atoms with Crippen LogP contribution in [-0.4, -0.2) is 55.4 Å². The van der Waals surface area contributed by atoms with Crippen molar-refractivity contribution in [3.63, 3.8) is 0 Å². The summed E-state index contributed by atoms with van der Waals surface area (Å²) in [6.45, 7) is 3.44. The number of nitrogens with one attached hydrogen (secondary N) is 2. The molecule has 0 saturated heterocycles. The fourth-order valence-electron chi connectivity index (χ4n) is 1.93. The normalized spacial score (nSPS) is 10.1. The molecule has 21 heavy (non-hydrogen) atoms. The fraction of sp³-hybridized carbons (Fsp3) is 0.500. The third-order valence-electron chi connectivity index (χ3n) is 3.20.